The quantitative estimate of drug-likeness (QED) is 0.822. The second-order valence-electron chi connectivity index (χ2n) is 7.10. The Morgan fingerprint density at radius 1 is 1.23 bits per heavy atom. The van der Waals surface area contributed by atoms with Crippen molar-refractivity contribution >= 4 is 22.6 Å². The normalized spacial score (nSPS) is 22.8. The zero-order valence-electron chi connectivity index (χ0n) is 14.7. The maximum atomic E-state index is 13.3. The summed E-state index contributed by atoms with van der Waals surface area (Å²) in [6.07, 6.45) is 3.65. The van der Waals surface area contributed by atoms with E-state index in [2.05, 4.69) is 19.9 Å². The predicted octanol–water partition coefficient (Wildman–Crippen LogP) is 2.42. The molecule has 2 aromatic heterocycles. The zero-order valence-corrected chi connectivity index (χ0v) is 14.7. The van der Waals surface area contributed by atoms with Crippen LogP contribution in [-0.4, -0.2) is 57.9 Å². The lowest BCUT2D eigenvalue weighted by Gasteiger charge is -2.33. The van der Waals surface area contributed by atoms with E-state index in [9.17, 15) is 13.6 Å². The summed E-state index contributed by atoms with van der Waals surface area (Å²) in [6.45, 7) is 3.39. The Morgan fingerprint density at radius 3 is 2.77 bits per heavy atom. The van der Waals surface area contributed by atoms with Gasteiger partial charge in [-0.25, -0.2) is 18.7 Å². The third-order valence-electron chi connectivity index (χ3n) is 5.23. The largest absolute Gasteiger partial charge is 0.355 e. The van der Waals surface area contributed by atoms with Crippen molar-refractivity contribution in [3.05, 3.63) is 24.3 Å². The fourth-order valence-electron chi connectivity index (χ4n) is 3.78. The van der Waals surface area contributed by atoms with Gasteiger partial charge in [-0.05, 0) is 19.4 Å². The van der Waals surface area contributed by atoms with Crippen LogP contribution in [0.1, 0.15) is 25.1 Å². The minimum absolute atomic E-state index is 0.0141. The fraction of sp³-hybridized carbons (Fsp3) is 0.556. The molecule has 2 saturated heterocycles. The van der Waals surface area contributed by atoms with Gasteiger partial charge in [-0.3, -0.25) is 9.78 Å². The number of hydrogen-bond acceptors (Lipinski definition) is 5. The number of hydrogen-bond donors (Lipinski definition) is 0. The number of aromatic nitrogens is 3. The number of piperidine rings is 1. The van der Waals surface area contributed by atoms with E-state index in [1.54, 1.807) is 17.3 Å². The van der Waals surface area contributed by atoms with Crippen LogP contribution in [0.5, 0.6) is 0 Å². The van der Waals surface area contributed by atoms with Gasteiger partial charge in [-0.1, -0.05) is 0 Å². The minimum atomic E-state index is -2.63. The van der Waals surface area contributed by atoms with Crippen LogP contribution < -0.4 is 4.90 Å². The highest BCUT2D eigenvalue weighted by molar-refractivity contribution is 5.89. The molecule has 6 nitrogen and oxygen atoms in total. The van der Waals surface area contributed by atoms with Crippen molar-refractivity contribution in [2.75, 3.05) is 31.1 Å². The number of likely N-dealkylation sites (tertiary alicyclic amines) is 1. The van der Waals surface area contributed by atoms with E-state index < -0.39 is 5.92 Å². The molecule has 138 valence electrons. The first-order valence-corrected chi connectivity index (χ1v) is 8.93. The molecule has 0 radical (unpaired) electrons. The summed E-state index contributed by atoms with van der Waals surface area (Å²) in [5.74, 6) is -1.35. The zero-order chi connectivity index (χ0) is 18.3. The molecule has 4 heterocycles. The molecular weight excluding hydrogens is 340 g/mol. The summed E-state index contributed by atoms with van der Waals surface area (Å²) in [4.78, 5) is 29.5. The average molecular weight is 361 g/mol. The van der Waals surface area contributed by atoms with Crippen molar-refractivity contribution in [2.24, 2.45) is 5.92 Å². The summed E-state index contributed by atoms with van der Waals surface area (Å²) in [5.41, 5.74) is 0.781. The predicted molar refractivity (Wildman–Crippen MR) is 93.2 cm³/mol. The maximum absolute atomic E-state index is 13.3. The van der Waals surface area contributed by atoms with E-state index in [0.717, 1.165) is 16.7 Å². The molecule has 2 fully saturated rings. The Balaban J connectivity index is 1.50. The van der Waals surface area contributed by atoms with Gasteiger partial charge in [0.2, 0.25) is 5.91 Å². The summed E-state index contributed by atoms with van der Waals surface area (Å²) in [7, 11) is 0. The Kier molecular flexibility index (Phi) is 4.20. The van der Waals surface area contributed by atoms with Crippen LogP contribution in [0, 0.1) is 12.8 Å². The van der Waals surface area contributed by atoms with Crippen LogP contribution in [0.4, 0.5) is 14.6 Å². The van der Waals surface area contributed by atoms with E-state index >= 15 is 0 Å². The highest BCUT2D eigenvalue weighted by Gasteiger charge is 2.39. The molecule has 2 aromatic rings. The van der Waals surface area contributed by atoms with E-state index in [4.69, 9.17) is 0 Å². The van der Waals surface area contributed by atoms with Gasteiger partial charge in [0.1, 0.15) is 11.6 Å². The molecule has 0 aromatic carbocycles. The third-order valence-corrected chi connectivity index (χ3v) is 5.23. The molecule has 1 amide bonds. The highest BCUT2D eigenvalue weighted by atomic mass is 19.3. The van der Waals surface area contributed by atoms with Gasteiger partial charge in [0, 0.05) is 50.6 Å². The molecule has 0 N–H and O–H groups in total. The number of pyridine rings is 1. The van der Waals surface area contributed by atoms with Crippen LogP contribution in [0.2, 0.25) is 0 Å². The van der Waals surface area contributed by atoms with Gasteiger partial charge in [0.25, 0.3) is 5.92 Å². The average Bonchev–Trinajstić information content (AvgIpc) is 3.10. The topological polar surface area (TPSA) is 62.2 Å². The number of halogens is 2. The number of amides is 1. The third kappa shape index (κ3) is 3.20. The Labute approximate surface area is 150 Å². The summed E-state index contributed by atoms with van der Waals surface area (Å²) >= 11 is 0. The Bertz CT molecular complexity index is 833. The van der Waals surface area contributed by atoms with E-state index in [1.165, 1.54) is 0 Å². The van der Waals surface area contributed by atoms with Gasteiger partial charge >= 0.3 is 0 Å². The molecule has 26 heavy (non-hydrogen) atoms. The molecule has 1 atom stereocenters. The van der Waals surface area contributed by atoms with Crippen LogP contribution in [0.3, 0.4) is 0 Å². The molecule has 0 spiro atoms. The number of alkyl halides is 2. The molecule has 2 aliphatic rings. The lowest BCUT2D eigenvalue weighted by molar-refractivity contribution is -0.140. The summed E-state index contributed by atoms with van der Waals surface area (Å²) < 4.78 is 26.6. The molecular formula is C18H21F2N5O. The van der Waals surface area contributed by atoms with E-state index in [-0.39, 0.29) is 37.8 Å². The van der Waals surface area contributed by atoms with Gasteiger partial charge in [-0.2, -0.15) is 0 Å². The first-order chi connectivity index (χ1) is 12.4. The number of aryl methyl sites for hydroxylation is 1. The number of rotatable bonds is 2. The van der Waals surface area contributed by atoms with Crippen LogP contribution >= 0.6 is 0 Å². The maximum Gasteiger partial charge on any atom is 0.251 e. The van der Waals surface area contributed by atoms with Gasteiger partial charge in [-0.15, -0.1) is 0 Å². The second-order valence-corrected chi connectivity index (χ2v) is 7.10. The van der Waals surface area contributed by atoms with Crippen LogP contribution in [0.15, 0.2) is 18.5 Å². The van der Waals surface area contributed by atoms with Crippen LogP contribution in [0.25, 0.3) is 10.9 Å². The molecule has 0 aliphatic carbocycles. The van der Waals surface area contributed by atoms with Crippen molar-refractivity contribution in [3.8, 4) is 0 Å². The molecule has 0 bridgehead atoms. The van der Waals surface area contributed by atoms with Gasteiger partial charge in [0.05, 0.1) is 17.6 Å². The van der Waals surface area contributed by atoms with Crippen molar-refractivity contribution in [1.82, 2.24) is 19.9 Å². The number of anilines is 1. The summed E-state index contributed by atoms with van der Waals surface area (Å²) in [6, 6.07) is 1.88. The number of carbonyl (C=O) groups excluding carboxylic acids is 1. The molecule has 4 rings (SSSR count). The standard InChI is InChI=1S/C18H21F2N5O/c1-12-22-15-10-21-6-2-14(15)16(23-12)25-7-3-13(11-25)17(26)24-8-4-18(19,20)5-9-24/h2,6,10,13H,3-5,7-9,11H2,1H3. The first-order valence-electron chi connectivity index (χ1n) is 8.93. The van der Waals surface area contributed by atoms with Crippen molar-refractivity contribution < 1.29 is 13.6 Å². The van der Waals surface area contributed by atoms with E-state index in [0.29, 0.717) is 25.3 Å². The van der Waals surface area contributed by atoms with Crippen molar-refractivity contribution in [3.63, 3.8) is 0 Å². The fourth-order valence-corrected chi connectivity index (χ4v) is 3.78. The lowest BCUT2D eigenvalue weighted by atomic mass is 10.0. The van der Waals surface area contributed by atoms with Crippen molar-refractivity contribution in [1.29, 1.82) is 0 Å². The Hall–Kier alpha value is -2.38. The molecule has 8 heteroatoms. The highest BCUT2D eigenvalue weighted by Crippen LogP contribution is 2.32. The molecule has 2 aliphatic heterocycles. The Morgan fingerprint density at radius 2 is 2.00 bits per heavy atom. The number of nitrogens with zero attached hydrogens (tertiary/aromatic N) is 5. The second kappa shape index (κ2) is 6.41. The van der Waals surface area contributed by atoms with E-state index in [1.807, 2.05) is 13.0 Å². The minimum Gasteiger partial charge on any atom is -0.355 e. The van der Waals surface area contributed by atoms with Crippen LogP contribution in [-0.2, 0) is 4.79 Å². The lowest BCUT2D eigenvalue weighted by Crippen LogP contribution is -2.45. The van der Waals surface area contributed by atoms with Gasteiger partial charge in [0.15, 0.2) is 0 Å². The SMILES string of the molecule is Cc1nc(N2CCC(C(=O)N3CCC(F)(F)CC3)C2)c2ccncc2n1. The van der Waals surface area contributed by atoms with Crippen molar-refractivity contribution in [2.45, 2.75) is 32.1 Å². The number of carbonyl (C=O) groups is 1. The monoisotopic (exact) mass is 361 g/mol. The smallest absolute Gasteiger partial charge is 0.251 e. The molecule has 0 saturated carbocycles. The summed E-state index contributed by atoms with van der Waals surface area (Å²) in [5, 5.41) is 0.913. The van der Waals surface area contributed by atoms with Gasteiger partial charge < -0.3 is 9.80 Å². The number of fused-ring (bicyclic) bond motifs is 1. The first kappa shape index (κ1) is 17.1. The molecule has 1 unspecified atom stereocenters.